The van der Waals surface area contributed by atoms with Gasteiger partial charge in [0, 0.05) is 0 Å². The summed E-state index contributed by atoms with van der Waals surface area (Å²) in [6.07, 6.45) is 0. The Hall–Kier alpha value is -0.650. The Balaban J connectivity index is 3.11. The van der Waals surface area contributed by atoms with Crippen molar-refractivity contribution in [1.82, 2.24) is 4.72 Å². The number of hydrogen-bond donors (Lipinski definition) is 1. The molecule has 1 N–H and O–H groups in total. The molecular weight excluding hydrogens is 277 g/mol. The van der Waals surface area contributed by atoms with E-state index in [0.717, 1.165) is 0 Å². The maximum Gasteiger partial charge on any atom is 0.226 e. The lowest BCUT2D eigenvalue weighted by atomic mass is 9.83. The third-order valence-corrected chi connectivity index (χ3v) is 4.25. The van der Waals surface area contributed by atoms with Gasteiger partial charge in [-0.1, -0.05) is 32.9 Å². The van der Waals surface area contributed by atoms with Crippen LogP contribution in [0.15, 0.2) is 24.3 Å². The lowest BCUT2D eigenvalue weighted by Crippen LogP contribution is -2.37. The Kier molecular flexibility index (Phi) is 4.75. The van der Waals surface area contributed by atoms with Crippen molar-refractivity contribution in [3.05, 3.63) is 35.6 Å². The van der Waals surface area contributed by atoms with Crippen LogP contribution in [0, 0.1) is 11.2 Å². The van der Waals surface area contributed by atoms with Gasteiger partial charge in [0.15, 0.2) is 0 Å². The fraction of sp³-hybridized carbons (Fsp3) is 0.500. The predicted octanol–water partition coefficient (Wildman–Crippen LogP) is 3.03. The van der Waals surface area contributed by atoms with Crippen LogP contribution in [-0.2, 0) is 10.0 Å². The number of hydrogen-bond acceptors (Lipinski definition) is 2. The van der Waals surface area contributed by atoms with Crippen molar-refractivity contribution in [2.45, 2.75) is 26.8 Å². The molecule has 1 aromatic carbocycles. The topological polar surface area (TPSA) is 46.2 Å². The Morgan fingerprint density at radius 3 is 2.17 bits per heavy atom. The van der Waals surface area contributed by atoms with Gasteiger partial charge < -0.3 is 0 Å². The zero-order valence-electron chi connectivity index (χ0n) is 10.6. The molecule has 0 aromatic heterocycles. The molecule has 0 heterocycles. The standard InChI is InChI=1S/C12H17ClFNO2S/c1-12(2,3)11(15-18(16,17)8-13)9-4-6-10(14)7-5-9/h4-7,11,15H,8H2,1-3H3. The van der Waals surface area contributed by atoms with Crippen molar-refractivity contribution in [1.29, 1.82) is 0 Å². The van der Waals surface area contributed by atoms with E-state index in [4.69, 9.17) is 11.6 Å². The van der Waals surface area contributed by atoms with E-state index in [0.29, 0.717) is 5.56 Å². The highest BCUT2D eigenvalue weighted by Gasteiger charge is 2.29. The van der Waals surface area contributed by atoms with Gasteiger partial charge in [0.1, 0.15) is 11.0 Å². The summed E-state index contributed by atoms with van der Waals surface area (Å²) in [7, 11) is -3.54. The maximum absolute atomic E-state index is 12.9. The molecular formula is C12H17ClFNO2S. The lowest BCUT2D eigenvalue weighted by molar-refractivity contribution is 0.304. The quantitative estimate of drug-likeness (QED) is 0.867. The lowest BCUT2D eigenvalue weighted by Gasteiger charge is -2.31. The minimum Gasteiger partial charge on any atom is -0.211 e. The number of alkyl halides is 1. The summed E-state index contributed by atoms with van der Waals surface area (Å²) in [5.74, 6) is -0.355. The first-order chi connectivity index (χ1) is 8.15. The fourth-order valence-corrected chi connectivity index (χ4v) is 2.71. The summed E-state index contributed by atoms with van der Waals surface area (Å²) in [5.41, 5.74) is 0.356. The van der Waals surface area contributed by atoms with Gasteiger partial charge in [-0.15, -0.1) is 11.6 Å². The first-order valence-electron chi connectivity index (χ1n) is 5.47. The van der Waals surface area contributed by atoms with E-state index in [-0.39, 0.29) is 11.2 Å². The molecule has 1 atom stereocenters. The van der Waals surface area contributed by atoms with Gasteiger partial charge in [0.2, 0.25) is 10.0 Å². The van der Waals surface area contributed by atoms with Crippen LogP contribution in [0.2, 0.25) is 0 Å². The number of rotatable bonds is 4. The van der Waals surface area contributed by atoms with Crippen LogP contribution in [0.3, 0.4) is 0 Å². The molecule has 1 unspecified atom stereocenters. The minimum atomic E-state index is -3.54. The summed E-state index contributed by atoms with van der Waals surface area (Å²) < 4.78 is 38.6. The molecule has 0 saturated heterocycles. The van der Waals surface area contributed by atoms with Crippen LogP contribution in [0.1, 0.15) is 32.4 Å². The van der Waals surface area contributed by atoms with E-state index in [9.17, 15) is 12.8 Å². The first kappa shape index (κ1) is 15.4. The average Bonchev–Trinajstić information content (AvgIpc) is 2.26. The van der Waals surface area contributed by atoms with Crippen molar-refractivity contribution in [2.75, 3.05) is 5.21 Å². The summed E-state index contributed by atoms with van der Waals surface area (Å²) in [6, 6.07) is 5.30. The molecule has 1 aromatic rings. The largest absolute Gasteiger partial charge is 0.226 e. The van der Waals surface area contributed by atoms with Crippen LogP contribution in [0.25, 0.3) is 0 Å². The molecule has 18 heavy (non-hydrogen) atoms. The minimum absolute atomic E-state index is 0.350. The molecule has 0 spiro atoms. The maximum atomic E-state index is 12.9. The Labute approximate surface area is 112 Å². The van der Waals surface area contributed by atoms with Gasteiger partial charge in [-0.2, -0.15) is 0 Å². The number of halogens is 2. The second-order valence-electron chi connectivity index (χ2n) is 5.19. The molecule has 0 aliphatic carbocycles. The van der Waals surface area contributed by atoms with E-state index >= 15 is 0 Å². The van der Waals surface area contributed by atoms with Crippen LogP contribution in [0.5, 0.6) is 0 Å². The second kappa shape index (κ2) is 5.55. The van der Waals surface area contributed by atoms with Gasteiger partial charge in [-0.05, 0) is 23.1 Å². The van der Waals surface area contributed by atoms with Gasteiger partial charge in [0.05, 0.1) is 6.04 Å². The molecule has 0 bridgehead atoms. The van der Waals surface area contributed by atoms with Crippen molar-refractivity contribution in [3.63, 3.8) is 0 Å². The van der Waals surface area contributed by atoms with E-state index in [1.54, 1.807) is 12.1 Å². The first-order valence-corrected chi connectivity index (χ1v) is 7.66. The number of benzene rings is 1. The van der Waals surface area contributed by atoms with Crippen LogP contribution < -0.4 is 4.72 Å². The van der Waals surface area contributed by atoms with Gasteiger partial charge in [0.25, 0.3) is 0 Å². The number of sulfonamides is 1. The van der Waals surface area contributed by atoms with Gasteiger partial charge in [-0.3, -0.25) is 0 Å². The summed E-state index contributed by atoms with van der Waals surface area (Å²) >= 11 is 5.39. The Morgan fingerprint density at radius 1 is 1.28 bits per heavy atom. The highest BCUT2D eigenvalue weighted by Crippen LogP contribution is 2.33. The average molecular weight is 294 g/mol. The molecule has 102 valence electrons. The summed E-state index contributed by atoms with van der Waals surface area (Å²) in [5, 5.41) is -0.499. The number of nitrogens with one attached hydrogen (secondary N) is 1. The highest BCUT2D eigenvalue weighted by atomic mass is 35.5. The van der Waals surface area contributed by atoms with Crippen molar-refractivity contribution in [3.8, 4) is 0 Å². The molecule has 0 fully saturated rings. The van der Waals surface area contributed by atoms with E-state index < -0.39 is 21.3 Å². The third-order valence-electron chi connectivity index (χ3n) is 2.51. The van der Waals surface area contributed by atoms with E-state index in [1.807, 2.05) is 20.8 Å². The molecule has 1 rings (SSSR count). The van der Waals surface area contributed by atoms with E-state index in [1.165, 1.54) is 12.1 Å². The Bertz CT molecular complexity index is 494. The van der Waals surface area contributed by atoms with Crippen LogP contribution in [-0.4, -0.2) is 13.6 Å². The highest BCUT2D eigenvalue weighted by molar-refractivity contribution is 7.90. The Morgan fingerprint density at radius 2 is 1.78 bits per heavy atom. The molecule has 0 radical (unpaired) electrons. The SMILES string of the molecule is CC(C)(C)C(NS(=O)(=O)CCl)c1ccc(F)cc1. The van der Waals surface area contributed by atoms with Crippen molar-refractivity contribution >= 4 is 21.6 Å². The van der Waals surface area contributed by atoms with Crippen LogP contribution >= 0.6 is 11.6 Å². The zero-order valence-corrected chi connectivity index (χ0v) is 12.1. The smallest absolute Gasteiger partial charge is 0.211 e. The molecule has 3 nitrogen and oxygen atoms in total. The normalized spacial score (nSPS) is 14.5. The molecule has 6 heteroatoms. The third kappa shape index (κ3) is 4.23. The van der Waals surface area contributed by atoms with Gasteiger partial charge >= 0.3 is 0 Å². The van der Waals surface area contributed by atoms with Gasteiger partial charge in [-0.25, -0.2) is 17.5 Å². The van der Waals surface area contributed by atoms with E-state index in [2.05, 4.69) is 4.72 Å². The predicted molar refractivity (Wildman–Crippen MR) is 71.4 cm³/mol. The summed E-state index contributed by atoms with van der Waals surface area (Å²) in [4.78, 5) is 0. The second-order valence-corrected chi connectivity index (χ2v) is 7.53. The molecule has 0 aliphatic heterocycles. The van der Waals surface area contributed by atoms with Crippen LogP contribution in [0.4, 0.5) is 4.39 Å². The summed E-state index contributed by atoms with van der Waals surface area (Å²) in [6.45, 7) is 5.70. The molecule has 0 amide bonds. The van der Waals surface area contributed by atoms with Crippen molar-refractivity contribution in [2.24, 2.45) is 5.41 Å². The fourth-order valence-electron chi connectivity index (χ4n) is 1.61. The van der Waals surface area contributed by atoms with Crippen molar-refractivity contribution < 1.29 is 12.8 Å². The zero-order chi connectivity index (χ0) is 14.0. The molecule has 0 aliphatic rings. The monoisotopic (exact) mass is 293 g/mol. The molecule has 0 saturated carbocycles.